The summed E-state index contributed by atoms with van der Waals surface area (Å²) in [6.45, 7) is 4.72. The van der Waals surface area contributed by atoms with Crippen LogP contribution in [0.15, 0.2) is 42.6 Å². The van der Waals surface area contributed by atoms with Crippen LogP contribution in [0.4, 0.5) is 0 Å². The van der Waals surface area contributed by atoms with Crippen LogP contribution in [0.25, 0.3) is 0 Å². The van der Waals surface area contributed by atoms with Gasteiger partial charge in [0.15, 0.2) is 0 Å². The van der Waals surface area contributed by atoms with Gasteiger partial charge in [0, 0.05) is 45.0 Å². The molecule has 1 saturated heterocycles. The quantitative estimate of drug-likeness (QED) is 0.814. The van der Waals surface area contributed by atoms with Gasteiger partial charge in [0.05, 0.1) is 18.7 Å². The number of methoxy groups -OCH3 is 1. The predicted octanol–water partition coefficient (Wildman–Crippen LogP) is 2.38. The smallest absolute Gasteiger partial charge is 0.229 e. The highest BCUT2D eigenvalue weighted by atomic mass is 16.5. The lowest BCUT2D eigenvalue weighted by molar-refractivity contribution is -0.136. The molecule has 28 heavy (non-hydrogen) atoms. The molecule has 0 spiro atoms. The Balaban J connectivity index is 1.35. The molecule has 0 saturated carbocycles. The van der Waals surface area contributed by atoms with Gasteiger partial charge >= 0.3 is 0 Å². The second-order valence-electron chi connectivity index (χ2n) is 7.46. The van der Waals surface area contributed by atoms with Crippen molar-refractivity contribution in [2.75, 3.05) is 39.9 Å². The number of nitrogens with zero attached hydrogens (tertiary/aromatic N) is 3. The lowest BCUT2D eigenvalue weighted by Gasteiger charge is -2.30. The number of pyridine rings is 1. The van der Waals surface area contributed by atoms with Crippen molar-refractivity contribution in [2.24, 2.45) is 5.92 Å². The summed E-state index contributed by atoms with van der Waals surface area (Å²) in [5, 5.41) is 0. The first-order chi connectivity index (χ1) is 13.7. The molecule has 6 heteroatoms. The Bertz CT molecular complexity index is 812. The molecule has 1 aromatic heterocycles. The summed E-state index contributed by atoms with van der Waals surface area (Å²) in [5.74, 6) is 1.72. The van der Waals surface area contributed by atoms with Gasteiger partial charge in [-0.3, -0.25) is 14.7 Å². The van der Waals surface area contributed by atoms with Crippen molar-refractivity contribution < 1.29 is 14.3 Å². The standard InChI is InChI=1S/C22H27N3O3/c1-27-20-7-6-17-13-18(16-28-21(17)14-20)22(26)25-10-4-9-24(11-12-25)15-19-5-2-3-8-23-19/h2-3,5-8,14,18H,4,9-13,15-16H2,1H3/t18-/m1/s1. The molecule has 2 aromatic rings. The fourth-order valence-corrected chi connectivity index (χ4v) is 3.97. The van der Waals surface area contributed by atoms with E-state index in [0.717, 1.165) is 68.3 Å². The number of carbonyl (C=O) groups is 1. The van der Waals surface area contributed by atoms with E-state index in [4.69, 9.17) is 9.47 Å². The first kappa shape index (κ1) is 18.7. The van der Waals surface area contributed by atoms with Crippen molar-refractivity contribution in [1.82, 2.24) is 14.8 Å². The maximum Gasteiger partial charge on any atom is 0.229 e. The van der Waals surface area contributed by atoms with Crippen LogP contribution in [0.3, 0.4) is 0 Å². The molecule has 3 heterocycles. The van der Waals surface area contributed by atoms with Crippen LogP contribution >= 0.6 is 0 Å². The molecule has 0 unspecified atom stereocenters. The highest BCUT2D eigenvalue weighted by Crippen LogP contribution is 2.31. The number of rotatable bonds is 4. The third kappa shape index (κ3) is 4.28. The SMILES string of the molecule is COc1ccc2c(c1)OC[C@H](C(=O)N1CCCN(Cc3ccccn3)CC1)C2. The summed E-state index contributed by atoms with van der Waals surface area (Å²) >= 11 is 0. The van der Waals surface area contributed by atoms with Gasteiger partial charge in [-0.05, 0) is 36.6 Å². The van der Waals surface area contributed by atoms with E-state index in [-0.39, 0.29) is 11.8 Å². The van der Waals surface area contributed by atoms with E-state index < -0.39 is 0 Å². The van der Waals surface area contributed by atoms with Gasteiger partial charge < -0.3 is 14.4 Å². The predicted molar refractivity (Wildman–Crippen MR) is 106 cm³/mol. The van der Waals surface area contributed by atoms with Crippen LogP contribution in [-0.4, -0.2) is 60.6 Å². The lowest BCUT2D eigenvalue weighted by Crippen LogP contribution is -2.42. The number of aromatic nitrogens is 1. The Morgan fingerprint density at radius 2 is 2.14 bits per heavy atom. The maximum absolute atomic E-state index is 13.1. The molecule has 0 aliphatic carbocycles. The van der Waals surface area contributed by atoms with E-state index in [9.17, 15) is 4.79 Å². The Hall–Kier alpha value is -2.60. The van der Waals surface area contributed by atoms with E-state index in [1.807, 2.05) is 41.4 Å². The number of ether oxygens (including phenoxy) is 2. The zero-order chi connectivity index (χ0) is 19.3. The van der Waals surface area contributed by atoms with Crippen molar-refractivity contribution in [3.63, 3.8) is 0 Å². The van der Waals surface area contributed by atoms with E-state index in [1.165, 1.54) is 0 Å². The van der Waals surface area contributed by atoms with E-state index in [0.29, 0.717) is 6.61 Å². The highest BCUT2D eigenvalue weighted by molar-refractivity contribution is 5.80. The molecule has 4 rings (SSSR count). The Kier molecular flexibility index (Phi) is 5.76. The summed E-state index contributed by atoms with van der Waals surface area (Å²) in [5.41, 5.74) is 2.16. The minimum atomic E-state index is -0.108. The summed E-state index contributed by atoms with van der Waals surface area (Å²) in [7, 11) is 1.65. The molecule has 1 aromatic carbocycles. The molecule has 2 aliphatic heterocycles. The average Bonchev–Trinajstić information content (AvgIpc) is 2.98. The normalized spacial score (nSPS) is 20.0. The molecule has 1 atom stereocenters. The number of hydrogen-bond donors (Lipinski definition) is 0. The highest BCUT2D eigenvalue weighted by Gasteiger charge is 2.30. The van der Waals surface area contributed by atoms with Gasteiger partial charge in [-0.15, -0.1) is 0 Å². The summed E-state index contributed by atoms with van der Waals surface area (Å²) in [6.07, 6.45) is 3.55. The molecule has 2 aliphatic rings. The van der Waals surface area contributed by atoms with Crippen molar-refractivity contribution in [3.05, 3.63) is 53.9 Å². The molecule has 0 N–H and O–H groups in total. The number of hydrogen-bond acceptors (Lipinski definition) is 5. The number of fused-ring (bicyclic) bond motifs is 1. The van der Waals surface area contributed by atoms with Crippen molar-refractivity contribution in [2.45, 2.75) is 19.4 Å². The van der Waals surface area contributed by atoms with Gasteiger partial charge in [0.1, 0.15) is 18.1 Å². The van der Waals surface area contributed by atoms with Gasteiger partial charge in [-0.25, -0.2) is 0 Å². The summed E-state index contributed by atoms with van der Waals surface area (Å²) in [6, 6.07) is 11.8. The Labute approximate surface area is 166 Å². The Morgan fingerprint density at radius 3 is 2.96 bits per heavy atom. The van der Waals surface area contributed by atoms with Gasteiger partial charge in [-0.1, -0.05) is 12.1 Å². The number of carbonyl (C=O) groups excluding carboxylic acids is 1. The third-order valence-electron chi connectivity index (χ3n) is 5.54. The van der Waals surface area contributed by atoms with Gasteiger partial charge in [-0.2, -0.15) is 0 Å². The molecule has 1 amide bonds. The van der Waals surface area contributed by atoms with Crippen LogP contribution in [0, 0.1) is 5.92 Å². The van der Waals surface area contributed by atoms with E-state index >= 15 is 0 Å². The fourth-order valence-electron chi connectivity index (χ4n) is 3.97. The minimum absolute atomic E-state index is 0.108. The molecule has 148 valence electrons. The third-order valence-corrected chi connectivity index (χ3v) is 5.54. The molecule has 0 bridgehead atoms. The topological polar surface area (TPSA) is 54.9 Å². The van der Waals surface area contributed by atoms with Crippen LogP contribution in [0.5, 0.6) is 11.5 Å². The van der Waals surface area contributed by atoms with E-state index in [1.54, 1.807) is 7.11 Å². The molecular weight excluding hydrogens is 354 g/mol. The van der Waals surface area contributed by atoms with Crippen LogP contribution in [0.1, 0.15) is 17.7 Å². The Morgan fingerprint density at radius 1 is 1.21 bits per heavy atom. The summed E-state index contributed by atoms with van der Waals surface area (Å²) < 4.78 is 11.1. The lowest BCUT2D eigenvalue weighted by atomic mass is 9.95. The van der Waals surface area contributed by atoms with Crippen LogP contribution in [-0.2, 0) is 17.8 Å². The van der Waals surface area contributed by atoms with Crippen molar-refractivity contribution in [3.8, 4) is 11.5 Å². The molecule has 6 nitrogen and oxygen atoms in total. The van der Waals surface area contributed by atoms with Gasteiger partial charge in [0.25, 0.3) is 0 Å². The van der Waals surface area contributed by atoms with Gasteiger partial charge in [0.2, 0.25) is 5.91 Å². The largest absolute Gasteiger partial charge is 0.497 e. The van der Waals surface area contributed by atoms with E-state index in [2.05, 4.69) is 16.0 Å². The van der Waals surface area contributed by atoms with Crippen LogP contribution in [0.2, 0.25) is 0 Å². The number of benzene rings is 1. The molecule has 0 radical (unpaired) electrons. The zero-order valence-corrected chi connectivity index (χ0v) is 16.3. The first-order valence-corrected chi connectivity index (χ1v) is 9.93. The minimum Gasteiger partial charge on any atom is -0.497 e. The van der Waals surface area contributed by atoms with Crippen LogP contribution < -0.4 is 9.47 Å². The maximum atomic E-state index is 13.1. The molecule has 1 fully saturated rings. The number of amides is 1. The second kappa shape index (κ2) is 8.61. The van der Waals surface area contributed by atoms with Crippen molar-refractivity contribution >= 4 is 5.91 Å². The molecular formula is C22H27N3O3. The summed E-state index contributed by atoms with van der Waals surface area (Å²) in [4.78, 5) is 21.9. The monoisotopic (exact) mass is 381 g/mol. The zero-order valence-electron chi connectivity index (χ0n) is 16.3. The fraction of sp³-hybridized carbons (Fsp3) is 0.455. The average molecular weight is 381 g/mol. The second-order valence-corrected chi connectivity index (χ2v) is 7.46. The van der Waals surface area contributed by atoms with Crippen molar-refractivity contribution in [1.29, 1.82) is 0 Å². The first-order valence-electron chi connectivity index (χ1n) is 9.93.